The average Bonchev–Trinajstić information content (AvgIpc) is 3.26. The molecule has 0 radical (unpaired) electrons. The maximum Gasteiger partial charge on any atom is 0.230 e. The van der Waals surface area contributed by atoms with Gasteiger partial charge in [0.2, 0.25) is 10.8 Å². The van der Waals surface area contributed by atoms with Crippen LogP contribution in [-0.2, 0) is 0 Å². The van der Waals surface area contributed by atoms with Crippen LogP contribution in [0.2, 0.25) is 0 Å². The molecule has 0 aliphatic carbocycles. The van der Waals surface area contributed by atoms with Gasteiger partial charge in [0.15, 0.2) is 11.5 Å². The molecule has 1 saturated heterocycles. The summed E-state index contributed by atoms with van der Waals surface area (Å²) in [6, 6.07) is 3.49. The molecule has 4 rings (SSSR count). The van der Waals surface area contributed by atoms with Crippen LogP contribution in [0, 0.1) is 6.92 Å². The molecular weight excluding hydrogens is 406 g/mol. The van der Waals surface area contributed by atoms with E-state index in [-0.39, 0.29) is 11.9 Å². The molecule has 1 fully saturated rings. The minimum atomic E-state index is -0.258. The van der Waals surface area contributed by atoms with E-state index in [1.165, 1.54) is 15.9 Å². The number of ether oxygens (including phenoxy) is 3. The average molecular weight is 434 g/mol. The smallest absolute Gasteiger partial charge is 0.230 e. The van der Waals surface area contributed by atoms with Gasteiger partial charge >= 0.3 is 0 Å². The number of likely N-dealkylation sites (N-methyl/N-ethyl adjacent to an activating group) is 1. The van der Waals surface area contributed by atoms with Gasteiger partial charge in [-0.25, -0.2) is 4.98 Å². The Labute approximate surface area is 179 Å². The standard InChI is InChI=1S/C20H27N5O4S/c1-12-21-20-25(22-12)19(26)18(30-20)16(24-8-6-23(2)7-9-24)14-10-13(27-3)11-15(28-4)17(14)29-5/h10-11,16,26H,6-9H2,1-5H3/t16-/m0/s1. The van der Waals surface area contributed by atoms with E-state index in [4.69, 9.17) is 14.2 Å². The number of piperazine rings is 1. The van der Waals surface area contributed by atoms with Crippen LogP contribution in [0.15, 0.2) is 12.1 Å². The van der Waals surface area contributed by atoms with E-state index in [1.807, 2.05) is 13.0 Å². The van der Waals surface area contributed by atoms with Crippen LogP contribution >= 0.6 is 11.3 Å². The zero-order valence-electron chi connectivity index (χ0n) is 17.9. The van der Waals surface area contributed by atoms with E-state index in [9.17, 15) is 5.11 Å². The van der Waals surface area contributed by atoms with Gasteiger partial charge in [-0.05, 0) is 20.0 Å². The van der Waals surface area contributed by atoms with Crippen LogP contribution < -0.4 is 14.2 Å². The largest absolute Gasteiger partial charge is 0.497 e. The molecule has 1 aliphatic heterocycles. The number of aromatic hydroxyl groups is 1. The first kappa shape index (κ1) is 20.7. The topological polar surface area (TPSA) is 84.6 Å². The summed E-state index contributed by atoms with van der Waals surface area (Å²) >= 11 is 1.44. The molecule has 3 heterocycles. The number of nitrogens with zero attached hydrogens (tertiary/aromatic N) is 5. The maximum atomic E-state index is 11.1. The monoisotopic (exact) mass is 433 g/mol. The number of aromatic nitrogens is 3. The lowest BCUT2D eigenvalue weighted by molar-refractivity contribution is 0.125. The Balaban J connectivity index is 1.91. The first-order chi connectivity index (χ1) is 14.5. The van der Waals surface area contributed by atoms with Gasteiger partial charge in [-0.3, -0.25) is 4.90 Å². The Morgan fingerprint density at radius 1 is 1.07 bits per heavy atom. The Morgan fingerprint density at radius 2 is 1.80 bits per heavy atom. The van der Waals surface area contributed by atoms with E-state index in [1.54, 1.807) is 27.4 Å². The maximum absolute atomic E-state index is 11.1. The molecule has 3 aromatic rings. The fourth-order valence-corrected chi connectivity index (χ4v) is 5.05. The number of rotatable bonds is 6. The van der Waals surface area contributed by atoms with E-state index in [0.717, 1.165) is 36.6 Å². The predicted molar refractivity (Wildman–Crippen MR) is 114 cm³/mol. The lowest BCUT2D eigenvalue weighted by Crippen LogP contribution is -2.46. The van der Waals surface area contributed by atoms with Crippen LogP contribution in [0.1, 0.15) is 22.3 Å². The Bertz CT molecular complexity index is 1040. The van der Waals surface area contributed by atoms with Crippen LogP contribution in [0.4, 0.5) is 0 Å². The lowest BCUT2D eigenvalue weighted by Gasteiger charge is -2.38. The third-order valence-corrected chi connectivity index (χ3v) is 6.54. The van der Waals surface area contributed by atoms with Gasteiger partial charge in [-0.2, -0.15) is 4.52 Å². The van der Waals surface area contributed by atoms with Crippen LogP contribution in [-0.4, -0.2) is 84.1 Å². The highest BCUT2D eigenvalue weighted by Crippen LogP contribution is 2.47. The Hall–Kier alpha value is -2.56. The molecule has 0 saturated carbocycles. The van der Waals surface area contributed by atoms with Crippen molar-refractivity contribution >= 4 is 16.3 Å². The van der Waals surface area contributed by atoms with E-state index in [0.29, 0.717) is 28.0 Å². The van der Waals surface area contributed by atoms with Crippen molar-refractivity contribution in [1.82, 2.24) is 24.4 Å². The Kier molecular flexibility index (Phi) is 5.72. The molecule has 162 valence electrons. The van der Waals surface area contributed by atoms with Crippen molar-refractivity contribution < 1.29 is 19.3 Å². The summed E-state index contributed by atoms with van der Waals surface area (Å²) in [5, 5.41) is 15.4. The summed E-state index contributed by atoms with van der Waals surface area (Å²) in [6.45, 7) is 5.36. The van der Waals surface area contributed by atoms with Gasteiger partial charge in [-0.15, -0.1) is 5.10 Å². The first-order valence-corrected chi connectivity index (χ1v) is 10.6. The lowest BCUT2D eigenvalue weighted by atomic mass is 10.00. The molecule has 0 bridgehead atoms. The summed E-state index contributed by atoms with van der Waals surface area (Å²) in [6.07, 6.45) is 0. The van der Waals surface area contributed by atoms with Crippen LogP contribution in [0.5, 0.6) is 23.1 Å². The number of benzene rings is 1. The highest BCUT2D eigenvalue weighted by molar-refractivity contribution is 7.17. The fraction of sp³-hybridized carbons (Fsp3) is 0.500. The van der Waals surface area contributed by atoms with Crippen LogP contribution in [0.25, 0.3) is 4.96 Å². The summed E-state index contributed by atoms with van der Waals surface area (Å²) in [5.74, 6) is 2.59. The number of thiazole rings is 1. The summed E-state index contributed by atoms with van der Waals surface area (Å²) in [5.41, 5.74) is 0.870. The number of hydrogen-bond acceptors (Lipinski definition) is 9. The van der Waals surface area contributed by atoms with Gasteiger partial charge in [0, 0.05) is 37.8 Å². The second-order valence-electron chi connectivity index (χ2n) is 7.34. The minimum absolute atomic E-state index is 0.100. The normalized spacial score (nSPS) is 16.7. The van der Waals surface area contributed by atoms with E-state index in [2.05, 4.69) is 26.9 Å². The molecule has 9 nitrogen and oxygen atoms in total. The third kappa shape index (κ3) is 3.55. The summed E-state index contributed by atoms with van der Waals surface area (Å²) in [4.78, 5) is 10.5. The van der Waals surface area contributed by atoms with Gasteiger partial charge in [0.1, 0.15) is 11.6 Å². The second-order valence-corrected chi connectivity index (χ2v) is 8.35. The van der Waals surface area contributed by atoms with Gasteiger partial charge in [-0.1, -0.05) is 11.3 Å². The molecule has 1 aromatic carbocycles. The highest BCUT2D eigenvalue weighted by Gasteiger charge is 2.34. The molecule has 30 heavy (non-hydrogen) atoms. The number of fused-ring (bicyclic) bond motifs is 1. The third-order valence-electron chi connectivity index (χ3n) is 5.47. The molecule has 1 N–H and O–H groups in total. The van der Waals surface area contributed by atoms with E-state index >= 15 is 0 Å². The fourth-order valence-electron chi connectivity index (χ4n) is 3.90. The van der Waals surface area contributed by atoms with Crippen molar-refractivity contribution in [3.05, 3.63) is 28.4 Å². The number of methoxy groups -OCH3 is 3. The van der Waals surface area contributed by atoms with E-state index < -0.39 is 0 Å². The van der Waals surface area contributed by atoms with Gasteiger partial charge in [0.05, 0.1) is 32.2 Å². The van der Waals surface area contributed by atoms with Crippen molar-refractivity contribution in [2.75, 3.05) is 54.6 Å². The first-order valence-electron chi connectivity index (χ1n) is 9.74. The molecular formula is C20H27N5O4S. The molecule has 0 unspecified atom stereocenters. The molecule has 0 amide bonds. The minimum Gasteiger partial charge on any atom is -0.497 e. The van der Waals surface area contributed by atoms with Crippen LogP contribution in [0.3, 0.4) is 0 Å². The van der Waals surface area contributed by atoms with Crippen molar-refractivity contribution in [2.45, 2.75) is 13.0 Å². The second kappa shape index (κ2) is 8.29. The van der Waals surface area contributed by atoms with Crippen molar-refractivity contribution in [2.24, 2.45) is 0 Å². The van der Waals surface area contributed by atoms with Gasteiger partial charge < -0.3 is 24.2 Å². The van der Waals surface area contributed by atoms with Crippen molar-refractivity contribution in [3.63, 3.8) is 0 Å². The molecule has 2 aromatic heterocycles. The summed E-state index contributed by atoms with van der Waals surface area (Å²) < 4.78 is 18.4. The van der Waals surface area contributed by atoms with Gasteiger partial charge in [0.25, 0.3) is 0 Å². The highest BCUT2D eigenvalue weighted by atomic mass is 32.1. The Morgan fingerprint density at radius 3 is 2.40 bits per heavy atom. The zero-order chi connectivity index (χ0) is 21.4. The predicted octanol–water partition coefficient (Wildman–Crippen LogP) is 2.17. The zero-order valence-corrected chi connectivity index (χ0v) is 18.7. The quantitative estimate of drug-likeness (QED) is 0.633. The number of hydrogen-bond donors (Lipinski definition) is 1. The SMILES string of the molecule is COc1cc(OC)c(OC)c([C@@H](c2sc3nc(C)nn3c2O)N2CCN(C)CC2)c1. The molecule has 10 heteroatoms. The summed E-state index contributed by atoms with van der Waals surface area (Å²) in [7, 11) is 6.97. The van der Waals surface area contributed by atoms with Crippen molar-refractivity contribution in [3.8, 4) is 23.1 Å². The molecule has 1 aliphatic rings. The molecule has 0 spiro atoms. The van der Waals surface area contributed by atoms with Crippen molar-refractivity contribution in [1.29, 1.82) is 0 Å². The number of aryl methyl sites for hydroxylation is 1. The molecule has 1 atom stereocenters.